The first-order valence-electron chi connectivity index (χ1n) is 5.93. The molecule has 1 aromatic rings. The van der Waals surface area contributed by atoms with Crippen molar-refractivity contribution in [1.29, 1.82) is 0 Å². The summed E-state index contributed by atoms with van der Waals surface area (Å²) in [5, 5.41) is 3.09. The van der Waals surface area contributed by atoms with Gasteiger partial charge in [0.1, 0.15) is 11.6 Å². The van der Waals surface area contributed by atoms with E-state index in [9.17, 15) is 8.78 Å². The molecule has 4 heteroatoms. The molecule has 0 amide bonds. The number of ether oxygens (including phenoxy) is 1. The summed E-state index contributed by atoms with van der Waals surface area (Å²) in [6.07, 6.45) is 1.73. The number of hydrogen-bond acceptors (Lipinski definition) is 2. The minimum absolute atomic E-state index is 0.244. The van der Waals surface area contributed by atoms with Crippen LogP contribution < -0.4 is 5.32 Å². The number of benzene rings is 1. The van der Waals surface area contributed by atoms with Crippen molar-refractivity contribution in [3.8, 4) is 0 Å². The molecule has 1 saturated heterocycles. The third kappa shape index (κ3) is 2.82. The quantitative estimate of drug-likeness (QED) is 0.878. The first kappa shape index (κ1) is 12.5. The van der Waals surface area contributed by atoms with E-state index in [0.717, 1.165) is 25.5 Å². The summed E-state index contributed by atoms with van der Waals surface area (Å²) in [6.45, 7) is 1.42. The fourth-order valence-electron chi connectivity index (χ4n) is 2.39. The maximum absolute atomic E-state index is 13.7. The van der Waals surface area contributed by atoms with Gasteiger partial charge in [0.15, 0.2) is 0 Å². The zero-order valence-electron chi connectivity index (χ0n) is 9.88. The molecule has 1 aliphatic heterocycles. The van der Waals surface area contributed by atoms with Crippen molar-refractivity contribution in [2.75, 3.05) is 20.2 Å². The SMILES string of the molecule is CNCC1CCCOC1c1ccc(F)cc1F. The minimum atomic E-state index is -0.549. The Bertz CT molecular complexity index is 382. The van der Waals surface area contributed by atoms with Crippen LogP contribution >= 0.6 is 0 Å². The lowest BCUT2D eigenvalue weighted by atomic mass is 9.89. The lowest BCUT2D eigenvalue weighted by Crippen LogP contribution is -2.30. The maximum Gasteiger partial charge on any atom is 0.131 e. The maximum atomic E-state index is 13.7. The molecule has 1 N–H and O–H groups in total. The topological polar surface area (TPSA) is 21.3 Å². The van der Waals surface area contributed by atoms with Crippen molar-refractivity contribution in [2.24, 2.45) is 5.92 Å². The van der Waals surface area contributed by atoms with Gasteiger partial charge in [-0.1, -0.05) is 6.07 Å². The minimum Gasteiger partial charge on any atom is -0.373 e. The number of hydrogen-bond donors (Lipinski definition) is 1. The molecule has 0 saturated carbocycles. The van der Waals surface area contributed by atoms with Crippen LogP contribution in [0.25, 0.3) is 0 Å². The highest BCUT2D eigenvalue weighted by Crippen LogP contribution is 2.34. The highest BCUT2D eigenvalue weighted by molar-refractivity contribution is 5.22. The Kier molecular flexibility index (Phi) is 4.07. The molecule has 0 spiro atoms. The molecule has 1 aliphatic rings. The predicted molar refractivity (Wildman–Crippen MR) is 61.7 cm³/mol. The monoisotopic (exact) mass is 241 g/mol. The summed E-state index contributed by atoms with van der Waals surface area (Å²) in [7, 11) is 1.87. The molecular weight excluding hydrogens is 224 g/mol. The smallest absolute Gasteiger partial charge is 0.131 e. The van der Waals surface area contributed by atoms with Gasteiger partial charge in [0.25, 0.3) is 0 Å². The number of halogens is 2. The van der Waals surface area contributed by atoms with Gasteiger partial charge in [-0.2, -0.15) is 0 Å². The zero-order chi connectivity index (χ0) is 12.3. The fraction of sp³-hybridized carbons (Fsp3) is 0.538. The summed E-state index contributed by atoms with van der Waals surface area (Å²) in [6, 6.07) is 3.69. The first-order chi connectivity index (χ1) is 8.22. The van der Waals surface area contributed by atoms with Gasteiger partial charge < -0.3 is 10.1 Å². The van der Waals surface area contributed by atoms with E-state index in [2.05, 4.69) is 5.32 Å². The van der Waals surface area contributed by atoms with Crippen LogP contribution in [0, 0.1) is 17.6 Å². The van der Waals surface area contributed by atoms with E-state index in [0.29, 0.717) is 12.2 Å². The lowest BCUT2D eigenvalue weighted by Gasteiger charge is -2.32. The average Bonchev–Trinajstić information content (AvgIpc) is 2.31. The van der Waals surface area contributed by atoms with Gasteiger partial charge in [-0.3, -0.25) is 0 Å². The van der Waals surface area contributed by atoms with Crippen LogP contribution in [0.2, 0.25) is 0 Å². The molecule has 1 heterocycles. The van der Waals surface area contributed by atoms with E-state index in [4.69, 9.17) is 4.74 Å². The highest BCUT2D eigenvalue weighted by Gasteiger charge is 2.29. The largest absolute Gasteiger partial charge is 0.373 e. The standard InChI is InChI=1S/C13H17F2NO/c1-16-8-9-3-2-6-17-13(9)11-5-4-10(14)7-12(11)15/h4-5,7,9,13,16H,2-3,6,8H2,1H3. The van der Waals surface area contributed by atoms with Crippen LogP contribution in [0.4, 0.5) is 8.78 Å². The third-order valence-corrected chi connectivity index (χ3v) is 3.18. The Labute approximate surface area is 100.0 Å². The van der Waals surface area contributed by atoms with Crippen molar-refractivity contribution in [3.05, 3.63) is 35.4 Å². The van der Waals surface area contributed by atoms with E-state index in [1.54, 1.807) is 0 Å². The van der Waals surface area contributed by atoms with Gasteiger partial charge in [-0.15, -0.1) is 0 Å². The van der Waals surface area contributed by atoms with Crippen molar-refractivity contribution in [1.82, 2.24) is 5.32 Å². The summed E-state index contributed by atoms with van der Waals surface area (Å²) < 4.78 is 32.2. The van der Waals surface area contributed by atoms with Gasteiger partial charge in [0.05, 0.1) is 6.10 Å². The van der Waals surface area contributed by atoms with Crippen molar-refractivity contribution in [2.45, 2.75) is 18.9 Å². The summed E-state index contributed by atoms with van der Waals surface area (Å²) in [5.74, 6) is -0.820. The molecule has 0 radical (unpaired) electrons. The summed E-state index contributed by atoms with van der Waals surface area (Å²) in [4.78, 5) is 0. The van der Waals surface area contributed by atoms with Crippen molar-refractivity contribution >= 4 is 0 Å². The second-order valence-electron chi connectivity index (χ2n) is 4.42. The zero-order valence-corrected chi connectivity index (χ0v) is 9.88. The van der Waals surface area contributed by atoms with Gasteiger partial charge in [0.2, 0.25) is 0 Å². The molecule has 1 fully saturated rings. The molecule has 17 heavy (non-hydrogen) atoms. The Morgan fingerprint density at radius 1 is 1.41 bits per heavy atom. The molecular formula is C13H17F2NO. The van der Waals surface area contributed by atoms with Gasteiger partial charge in [-0.05, 0) is 26.0 Å². The van der Waals surface area contributed by atoms with Crippen molar-refractivity contribution < 1.29 is 13.5 Å². The molecule has 2 unspecified atom stereocenters. The lowest BCUT2D eigenvalue weighted by molar-refractivity contribution is -0.0291. The molecule has 0 aliphatic carbocycles. The third-order valence-electron chi connectivity index (χ3n) is 3.18. The highest BCUT2D eigenvalue weighted by atomic mass is 19.1. The number of rotatable bonds is 3. The normalized spacial score (nSPS) is 24.9. The molecule has 1 aromatic carbocycles. The van der Waals surface area contributed by atoms with E-state index in [1.807, 2.05) is 7.05 Å². The van der Waals surface area contributed by atoms with Crippen LogP contribution in [0.3, 0.4) is 0 Å². The average molecular weight is 241 g/mol. The Morgan fingerprint density at radius 2 is 2.24 bits per heavy atom. The van der Waals surface area contributed by atoms with Crippen LogP contribution in [-0.4, -0.2) is 20.2 Å². The van der Waals surface area contributed by atoms with E-state index in [1.165, 1.54) is 12.1 Å². The van der Waals surface area contributed by atoms with E-state index >= 15 is 0 Å². The Balaban J connectivity index is 2.23. The van der Waals surface area contributed by atoms with Gasteiger partial charge in [-0.25, -0.2) is 8.78 Å². The molecule has 0 aromatic heterocycles. The molecule has 2 rings (SSSR count). The van der Waals surface area contributed by atoms with Gasteiger partial charge >= 0.3 is 0 Å². The second kappa shape index (κ2) is 5.56. The van der Waals surface area contributed by atoms with Crippen LogP contribution in [0.1, 0.15) is 24.5 Å². The van der Waals surface area contributed by atoms with E-state index < -0.39 is 11.6 Å². The number of nitrogens with one attached hydrogen (secondary N) is 1. The summed E-state index contributed by atoms with van der Waals surface area (Å²) in [5.41, 5.74) is 0.464. The van der Waals surface area contributed by atoms with E-state index in [-0.39, 0.29) is 12.0 Å². The van der Waals surface area contributed by atoms with Crippen LogP contribution in [-0.2, 0) is 4.74 Å². The van der Waals surface area contributed by atoms with Crippen LogP contribution in [0.5, 0.6) is 0 Å². The fourth-order valence-corrected chi connectivity index (χ4v) is 2.39. The van der Waals surface area contributed by atoms with Crippen LogP contribution in [0.15, 0.2) is 18.2 Å². The first-order valence-corrected chi connectivity index (χ1v) is 5.93. The molecule has 0 bridgehead atoms. The Morgan fingerprint density at radius 3 is 2.94 bits per heavy atom. The predicted octanol–water partition coefficient (Wildman–Crippen LogP) is 2.65. The molecule has 2 atom stereocenters. The molecule has 2 nitrogen and oxygen atoms in total. The van der Waals surface area contributed by atoms with Gasteiger partial charge in [0, 0.05) is 30.7 Å². The molecule has 94 valence electrons. The Hall–Kier alpha value is -1.00. The summed E-state index contributed by atoms with van der Waals surface area (Å²) >= 11 is 0. The van der Waals surface area contributed by atoms with Crippen molar-refractivity contribution in [3.63, 3.8) is 0 Å². The second-order valence-corrected chi connectivity index (χ2v) is 4.42.